The molecule has 2 aromatic rings. The van der Waals surface area contributed by atoms with Crippen LogP contribution in [0.4, 0.5) is 0 Å². The first-order chi connectivity index (χ1) is 11.6. The van der Waals surface area contributed by atoms with Gasteiger partial charge in [-0.25, -0.2) is 4.68 Å². The number of benzene rings is 1. The zero-order valence-corrected chi connectivity index (χ0v) is 14.5. The summed E-state index contributed by atoms with van der Waals surface area (Å²) >= 11 is 0. The van der Waals surface area contributed by atoms with Crippen molar-refractivity contribution >= 4 is 5.91 Å². The van der Waals surface area contributed by atoms with E-state index in [4.69, 9.17) is 4.74 Å². The number of hydrogen-bond acceptors (Lipinski definition) is 3. The molecule has 2 unspecified atom stereocenters. The molecule has 1 heterocycles. The van der Waals surface area contributed by atoms with Crippen LogP contribution < -0.4 is 5.32 Å². The smallest absolute Gasteiger partial charge is 0.249 e. The highest BCUT2D eigenvalue weighted by molar-refractivity contribution is 5.80. The molecule has 1 aromatic carbocycles. The minimum Gasteiger partial charge on any atom is -0.368 e. The largest absolute Gasteiger partial charge is 0.368 e. The van der Waals surface area contributed by atoms with E-state index in [0.29, 0.717) is 12.5 Å². The molecule has 1 aliphatic carbocycles. The van der Waals surface area contributed by atoms with Gasteiger partial charge in [-0.2, -0.15) is 5.10 Å². The summed E-state index contributed by atoms with van der Waals surface area (Å²) in [6, 6.07) is 9.87. The van der Waals surface area contributed by atoms with E-state index >= 15 is 0 Å². The first kappa shape index (κ1) is 16.7. The molecule has 1 aliphatic rings. The van der Waals surface area contributed by atoms with Crippen LogP contribution in [0.3, 0.4) is 0 Å². The van der Waals surface area contributed by atoms with Gasteiger partial charge in [0.2, 0.25) is 5.91 Å². The summed E-state index contributed by atoms with van der Waals surface area (Å²) in [4.78, 5) is 12.3. The van der Waals surface area contributed by atoms with Gasteiger partial charge in [0.05, 0.1) is 24.5 Å². The Morgan fingerprint density at radius 2 is 2.04 bits per heavy atom. The number of carbonyl (C=O) groups excluding carboxylic acids is 1. The van der Waals surface area contributed by atoms with Gasteiger partial charge >= 0.3 is 0 Å². The Morgan fingerprint density at radius 1 is 1.33 bits per heavy atom. The van der Waals surface area contributed by atoms with Crippen molar-refractivity contribution < 1.29 is 9.53 Å². The number of ether oxygens (including phenoxy) is 1. The number of nitrogens with one attached hydrogen (secondary N) is 1. The van der Waals surface area contributed by atoms with Crippen molar-refractivity contribution in [3.63, 3.8) is 0 Å². The van der Waals surface area contributed by atoms with Crippen LogP contribution in [0.15, 0.2) is 36.5 Å². The Hall–Kier alpha value is -2.14. The fraction of sp³-hybridized carbons (Fsp3) is 0.474. The molecule has 0 bridgehead atoms. The summed E-state index contributed by atoms with van der Waals surface area (Å²) in [5.74, 6) is 0.582. The van der Waals surface area contributed by atoms with Gasteiger partial charge in [-0.3, -0.25) is 4.79 Å². The topological polar surface area (TPSA) is 56.1 Å². The summed E-state index contributed by atoms with van der Waals surface area (Å²) in [5, 5.41) is 7.49. The molecule has 0 aliphatic heterocycles. The minimum atomic E-state index is -0.419. The third kappa shape index (κ3) is 3.85. The molecule has 24 heavy (non-hydrogen) atoms. The third-order valence-electron chi connectivity index (χ3n) is 4.52. The summed E-state index contributed by atoms with van der Waals surface area (Å²) < 4.78 is 7.53. The number of para-hydroxylation sites is 1. The van der Waals surface area contributed by atoms with Crippen LogP contribution >= 0.6 is 0 Å². The van der Waals surface area contributed by atoms with Crippen molar-refractivity contribution in [3.8, 4) is 5.69 Å². The number of aromatic nitrogens is 2. The molecule has 0 spiro atoms. The lowest BCUT2D eigenvalue weighted by atomic mass is 10.1. The average molecular weight is 327 g/mol. The quantitative estimate of drug-likeness (QED) is 0.850. The second-order valence-corrected chi connectivity index (χ2v) is 6.58. The fourth-order valence-electron chi connectivity index (χ4n) is 2.73. The van der Waals surface area contributed by atoms with Crippen molar-refractivity contribution in [3.05, 3.63) is 47.8 Å². The van der Waals surface area contributed by atoms with Gasteiger partial charge in [-0.1, -0.05) is 18.2 Å². The predicted molar refractivity (Wildman–Crippen MR) is 93.0 cm³/mol. The molecule has 0 saturated heterocycles. The van der Waals surface area contributed by atoms with E-state index in [9.17, 15) is 4.79 Å². The highest BCUT2D eigenvalue weighted by atomic mass is 16.5. The summed E-state index contributed by atoms with van der Waals surface area (Å²) in [6.07, 6.45) is 3.85. The second kappa shape index (κ2) is 7.18. The van der Waals surface area contributed by atoms with E-state index in [2.05, 4.69) is 10.4 Å². The summed E-state index contributed by atoms with van der Waals surface area (Å²) in [5.41, 5.74) is 3.06. The van der Waals surface area contributed by atoms with Crippen molar-refractivity contribution in [2.75, 3.05) is 6.61 Å². The maximum atomic E-state index is 12.3. The molecule has 3 rings (SSSR count). The molecule has 128 valence electrons. The third-order valence-corrected chi connectivity index (χ3v) is 4.52. The molecule has 5 nitrogen and oxygen atoms in total. The molecule has 1 saturated carbocycles. The molecule has 5 heteroatoms. The van der Waals surface area contributed by atoms with E-state index in [0.717, 1.165) is 16.9 Å². The minimum absolute atomic E-state index is 0.0741. The first-order valence-electron chi connectivity index (χ1n) is 8.58. The van der Waals surface area contributed by atoms with E-state index in [1.807, 2.05) is 62.0 Å². The standard InChI is InChI=1S/C19H25N3O2/c1-13(21-19(23)15(3)24-12-16-9-10-16)18-11-20-22(14(18)2)17-7-5-4-6-8-17/h4-8,11,13,15-16H,9-10,12H2,1-3H3,(H,21,23). The number of carbonyl (C=O) groups is 1. The van der Waals surface area contributed by atoms with E-state index in [1.165, 1.54) is 12.8 Å². The maximum absolute atomic E-state index is 12.3. The molecule has 1 fully saturated rings. The number of amides is 1. The van der Waals surface area contributed by atoms with Crippen molar-refractivity contribution in [1.29, 1.82) is 0 Å². The van der Waals surface area contributed by atoms with Crippen LogP contribution in [0.1, 0.15) is 44.0 Å². The van der Waals surface area contributed by atoms with Crippen LogP contribution in [0, 0.1) is 12.8 Å². The van der Waals surface area contributed by atoms with Gasteiger partial charge in [-0.05, 0) is 51.7 Å². The van der Waals surface area contributed by atoms with E-state index < -0.39 is 6.10 Å². The second-order valence-electron chi connectivity index (χ2n) is 6.58. The van der Waals surface area contributed by atoms with Gasteiger partial charge in [0.25, 0.3) is 0 Å². The van der Waals surface area contributed by atoms with Crippen molar-refractivity contribution in [1.82, 2.24) is 15.1 Å². The van der Waals surface area contributed by atoms with Gasteiger partial charge in [0.1, 0.15) is 6.10 Å². The molecule has 1 aromatic heterocycles. The van der Waals surface area contributed by atoms with Gasteiger partial charge in [-0.15, -0.1) is 0 Å². The molecular formula is C19H25N3O2. The lowest BCUT2D eigenvalue weighted by Gasteiger charge is -2.18. The van der Waals surface area contributed by atoms with Crippen LogP contribution in [-0.2, 0) is 9.53 Å². The van der Waals surface area contributed by atoms with Crippen molar-refractivity contribution in [2.24, 2.45) is 5.92 Å². The zero-order chi connectivity index (χ0) is 17.1. The Morgan fingerprint density at radius 3 is 2.71 bits per heavy atom. The molecule has 0 radical (unpaired) electrons. The average Bonchev–Trinajstić information content (AvgIpc) is 3.34. The summed E-state index contributed by atoms with van der Waals surface area (Å²) in [7, 11) is 0. The van der Waals surface area contributed by atoms with Gasteiger partial charge in [0, 0.05) is 11.3 Å². The number of nitrogens with zero attached hydrogens (tertiary/aromatic N) is 2. The first-order valence-corrected chi connectivity index (χ1v) is 8.58. The lowest BCUT2D eigenvalue weighted by Crippen LogP contribution is -2.36. The lowest BCUT2D eigenvalue weighted by molar-refractivity contribution is -0.132. The zero-order valence-electron chi connectivity index (χ0n) is 14.5. The van der Waals surface area contributed by atoms with E-state index in [-0.39, 0.29) is 11.9 Å². The van der Waals surface area contributed by atoms with E-state index in [1.54, 1.807) is 0 Å². The van der Waals surface area contributed by atoms with Gasteiger partial charge in [0.15, 0.2) is 0 Å². The highest BCUT2D eigenvalue weighted by Gasteiger charge is 2.25. The summed E-state index contributed by atoms with van der Waals surface area (Å²) in [6.45, 7) is 6.49. The van der Waals surface area contributed by atoms with Crippen LogP contribution in [0.25, 0.3) is 5.69 Å². The van der Waals surface area contributed by atoms with Crippen LogP contribution in [0.5, 0.6) is 0 Å². The molecule has 2 atom stereocenters. The fourth-order valence-corrected chi connectivity index (χ4v) is 2.73. The Labute approximate surface area is 143 Å². The maximum Gasteiger partial charge on any atom is 0.249 e. The highest BCUT2D eigenvalue weighted by Crippen LogP contribution is 2.29. The van der Waals surface area contributed by atoms with Crippen LogP contribution in [-0.4, -0.2) is 28.4 Å². The normalized spacial score (nSPS) is 16.6. The van der Waals surface area contributed by atoms with Gasteiger partial charge < -0.3 is 10.1 Å². The number of rotatable bonds is 7. The molecule has 1 amide bonds. The van der Waals surface area contributed by atoms with Crippen LogP contribution in [0.2, 0.25) is 0 Å². The number of hydrogen-bond donors (Lipinski definition) is 1. The SMILES string of the molecule is Cc1c(C(C)NC(=O)C(C)OCC2CC2)cnn1-c1ccccc1. The Bertz CT molecular complexity index is 692. The van der Waals surface area contributed by atoms with Crippen molar-refractivity contribution in [2.45, 2.75) is 45.8 Å². The predicted octanol–water partition coefficient (Wildman–Crippen LogP) is 3.17. The monoisotopic (exact) mass is 327 g/mol. The molecule has 1 N–H and O–H groups in total. The Kier molecular flexibility index (Phi) is 5.00. The molecular weight excluding hydrogens is 302 g/mol. The Balaban J connectivity index is 1.63.